The van der Waals surface area contributed by atoms with Crippen LogP contribution in [0.2, 0.25) is 0 Å². The highest BCUT2D eigenvalue weighted by molar-refractivity contribution is 5.80. The molecule has 0 aromatic carbocycles. The second-order valence-electron chi connectivity index (χ2n) is 31.2. The summed E-state index contributed by atoms with van der Waals surface area (Å²) in [7, 11) is 0. The Hall–Kier alpha value is -2.77. The first-order valence-electron chi connectivity index (χ1n) is 34.1. The van der Waals surface area contributed by atoms with Crippen molar-refractivity contribution >= 4 is 18.2 Å². The van der Waals surface area contributed by atoms with Crippen molar-refractivity contribution in [1.29, 1.82) is 0 Å². The summed E-state index contributed by atoms with van der Waals surface area (Å²) in [4.78, 5) is 42.3. The third kappa shape index (κ3) is 12.7. The van der Waals surface area contributed by atoms with Crippen molar-refractivity contribution < 1.29 is 163 Å². The first kappa shape index (κ1) is 76.4. The van der Waals surface area contributed by atoms with E-state index in [2.05, 4.69) is 40.7 Å². The highest BCUT2D eigenvalue weighted by atomic mass is 16.8. The van der Waals surface area contributed by atoms with Gasteiger partial charge in [-0.05, 0) is 111 Å². The lowest BCUT2D eigenvalue weighted by molar-refractivity contribution is -0.399. The highest BCUT2D eigenvalue weighted by Gasteiger charge is 2.73. The van der Waals surface area contributed by atoms with Gasteiger partial charge in [-0.1, -0.05) is 53.2 Å². The van der Waals surface area contributed by atoms with Gasteiger partial charge in [-0.2, -0.15) is 0 Å². The number of carboxylic acid groups (broad SMARTS) is 1. The van der Waals surface area contributed by atoms with Gasteiger partial charge in [0.05, 0.1) is 49.7 Å². The van der Waals surface area contributed by atoms with Gasteiger partial charge in [0.25, 0.3) is 0 Å². The van der Waals surface area contributed by atoms with Crippen LogP contribution in [0.15, 0.2) is 11.6 Å². The second kappa shape index (κ2) is 28.3. The molecule has 4 saturated carbocycles. The minimum atomic E-state index is -2.12. The predicted molar refractivity (Wildman–Crippen MR) is 322 cm³/mol. The minimum Gasteiger partial charge on any atom is -0.479 e. The molecule has 6 saturated heterocycles. The summed E-state index contributed by atoms with van der Waals surface area (Å²) >= 11 is 0. The zero-order valence-electron chi connectivity index (χ0n) is 55.9. The maximum Gasteiger partial charge on any atom is 0.335 e. The molecule has 33 heteroatoms. The van der Waals surface area contributed by atoms with Crippen LogP contribution in [0.25, 0.3) is 0 Å². The van der Waals surface area contributed by atoms with Gasteiger partial charge in [0.2, 0.25) is 6.29 Å². The quantitative estimate of drug-likeness (QED) is 0.0297. The van der Waals surface area contributed by atoms with Gasteiger partial charge >= 0.3 is 11.9 Å². The van der Waals surface area contributed by atoms with Crippen LogP contribution in [-0.2, 0) is 71.2 Å². The Bertz CT molecular complexity index is 2850. The lowest BCUT2D eigenvalue weighted by Crippen LogP contribution is -2.69. The number of aliphatic hydroxyl groups is 17. The molecule has 0 aromatic heterocycles. The summed E-state index contributed by atoms with van der Waals surface area (Å²) in [5.74, 6) is -3.91. The fourth-order valence-corrected chi connectivity index (χ4v) is 19.0. The van der Waals surface area contributed by atoms with Crippen LogP contribution in [0.4, 0.5) is 0 Å². The fraction of sp³-hybridized carbons (Fsp3) is 0.923. The number of hydrogen-bond acceptors (Lipinski definition) is 32. The average Bonchev–Trinajstić information content (AvgIpc) is 0.673. The molecule has 98 heavy (non-hydrogen) atoms. The summed E-state index contributed by atoms with van der Waals surface area (Å²) in [6, 6.07) is 0. The number of aldehydes is 1. The maximum atomic E-state index is 15.9. The largest absolute Gasteiger partial charge is 0.479 e. The summed E-state index contributed by atoms with van der Waals surface area (Å²) in [5.41, 5.74) is -4.66. The molecule has 0 amide bonds. The normalized spacial score (nSPS) is 54.9. The molecule has 6 aliphatic heterocycles. The van der Waals surface area contributed by atoms with Crippen LogP contribution in [0.5, 0.6) is 0 Å². The Balaban J connectivity index is 0.864. The number of hydrogen-bond donors (Lipinski definition) is 18. The van der Waals surface area contributed by atoms with E-state index in [-0.39, 0.29) is 25.2 Å². The molecule has 18 N–H and O–H groups in total. The average molecular weight is 1410 g/mol. The van der Waals surface area contributed by atoms with Gasteiger partial charge in [-0.25, -0.2) is 4.79 Å². The molecule has 0 aromatic rings. The van der Waals surface area contributed by atoms with Crippen molar-refractivity contribution in [3.63, 3.8) is 0 Å². The van der Waals surface area contributed by atoms with E-state index >= 15 is 4.79 Å². The molecule has 10 fully saturated rings. The lowest BCUT2D eigenvalue weighted by Gasteiger charge is -2.71. The number of rotatable bonds is 16. The van der Waals surface area contributed by atoms with Gasteiger partial charge in [-0.15, -0.1) is 0 Å². The molecular weight excluding hydrogens is 1310 g/mol. The van der Waals surface area contributed by atoms with Gasteiger partial charge < -0.3 is 154 Å². The summed E-state index contributed by atoms with van der Waals surface area (Å²) < 4.78 is 72.3. The number of carboxylic acids is 1. The number of fused-ring (bicyclic) bond motifs is 7. The molecule has 560 valence electrons. The Morgan fingerprint density at radius 2 is 1.07 bits per heavy atom. The molecule has 5 aliphatic carbocycles. The fourth-order valence-electron chi connectivity index (χ4n) is 19.0. The zero-order valence-corrected chi connectivity index (χ0v) is 55.9. The molecule has 0 spiro atoms. The molecule has 0 radical (unpaired) electrons. The Kier molecular flexibility index (Phi) is 22.0. The van der Waals surface area contributed by atoms with Crippen LogP contribution in [-0.4, -0.2) is 320 Å². The van der Waals surface area contributed by atoms with Crippen molar-refractivity contribution in [2.75, 3.05) is 19.8 Å². The number of ether oxygens (including phenoxy) is 12. The summed E-state index contributed by atoms with van der Waals surface area (Å²) in [6.45, 7) is 12.8. The molecule has 0 bridgehead atoms. The molecular formula is C65H102O33. The van der Waals surface area contributed by atoms with Crippen LogP contribution >= 0.6 is 0 Å². The van der Waals surface area contributed by atoms with E-state index in [1.54, 1.807) is 6.92 Å². The van der Waals surface area contributed by atoms with E-state index in [4.69, 9.17) is 56.8 Å². The van der Waals surface area contributed by atoms with E-state index < -0.39 is 266 Å². The molecule has 0 unspecified atom stereocenters. The third-order valence-electron chi connectivity index (χ3n) is 25.1. The van der Waals surface area contributed by atoms with Crippen molar-refractivity contribution in [3.05, 3.63) is 11.6 Å². The van der Waals surface area contributed by atoms with Crippen molar-refractivity contribution in [3.8, 4) is 0 Å². The molecule has 6 heterocycles. The Morgan fingerprint density at radius 3 is 1.66 bits per heavy atom. The predicted octanol–water partition coefficient (Wildman–Crippen LogP) is -5.45. The smallest absolute Gasteiger partial charge is 0.335 e. The van der Waals surface area contributed by atoms with Gasteiger partial charge in [0.1, 0.15) is 128 Å². The molecule has 33 nitrogen and oxygen atoms in total. The SMILES string of the molecule is C[C@@H]1O[C@@H](O[C@H]2[C@H](OC(=O)[C@]34CCC(C)(C)C[C@H]3C3=CC[C@@H]5[C@@]6(C)CC[C@H](O[C@@H]7O[C@H](C(=O)O)[C@@H](O)[C@H](O)[C@H]7O[C@@H]7O[C@H](CO)[C@H](O)[C@H](O)[C@H]7O)[C@@](C)(C=O)[C@@H]6CC[C@@]5(C)[C@]3(C)C[C@H]4O)O[C@H](C)[C@H](O)[C@@H]2O)[C@H](O[C@@H]2O[C@H](CO)[C@@H](O)[C@H](O)[C@H]2O)[C@H](O)[C@H]1O[C@@H]1OC[C@@H](O)[C@H](O)[C@H]1O. The van der Waals surface area contributed by atoms with E-state index in [9.17, 15) is 102 Å². The van der Waals surface area contributed by atoms with E-state index in [0.717, 1.165) is 11.9 Å². The van der Waals surface area contributed by atoms with Crippen molar-refractivity contribution in [2.45, 2.75) is 304 Å². The number of aliphatic hydroxyl groups excluding tert-OH is 17. The number of aliphatic carboxylic acids is 1. The van der Waals surface area contributed by atoms with Gasteiger partial charge in [-0.3, -0.25) is 4.79 Å². The number of allylic oxidation sites excluding steroid dienone is 2. The van der Waals surface area contributed by atoms with Crippen molar-refractivity contribution in [1.82, 2.24) is 0 Å². The lowest BCUT2D eigenvalue weighted by atomic mass is 9.33. The Morgan fingerprint density at radius 1 is 0.531 bits per heavy atom. The van der Waals surface area contributed by atoms with E-state index in [0.29, 0.717) is 38.5 Å². The summed E-state index contributed by atoms with van der Waals surface area (Å²) in [5, 5.41) is 197. The van der Waals surface area contributed by atoms with Crippen LogP contribution in [0.1, 0.15) is 113 Å². The number of carbonyl (C=O) groups excluding carboxylic acids is 2. The monoisotopic (exact) mass is 1410 g/mol. The van der Waals surface area contributed by atoms with Crippen LogP contribution in [0, 0.1) is 50.2 Å². The zero-order chi connectivity index (χ0) is 71.7. The van der Waals surface area contributed by atoms with Gasteiger partial charge in [0, 0.05) is 0 Å². The van der Waals surface area contributed by atoms with Crippen LogP contribution < -0.4 is 0 Å². The molecule has 11 aliphatic rings. The topological polar surface area (TPSA) is 526 Å². The summed E-state index contributed by atoms with van der Waals surface area (Å²) in [6.07, 6.45) is -49.3. The number of esters is 1. The first-order chi connectivity index (χ1) is 45.9. The third-order valence-corrected chi connectivity index (χ3v) is 25.1. The van der Waals surface area contributed by atoms with E-state index in [1.807, 2.05) is 0 Å². The second-order valence-corrected chi connectivity index (χ2v) is 31.2. The Labute approximate surface area is 564 Å². The maximum absolute atomic E-state index is 15.9. The molecule has 39 atom stereocenters. The van der Waals surface area contributed by atoms with Gasteiger partial charge in [0.15, 0.2) is 43.7 Å². The molecule has 11 rings (SSSR count). The van der Waals surface area contributed by atoms with Crippen LogP contribution in [0.3, 0.4) is 0 Å². The first-order valence-corrected chi connectivity index (χ1v) is 34.1. The highest BCUT2D eigenvalue weighted by Crippen LogP contribution is 2.76. The van der Waals surface area contributed by atoms with E-state index in [1.165, 1.54) is 13.8 Å². The number of carbonyl (C=O) groups is 3. The standard InChI is InChI=1S/C65H102O33/c1-23-34(71)40(77)49(97-56-51(96-55-45(82)39(76)37(74)29(20-67)91-55)46(83)47(24(2)89-56)93-53-43(80)35(72)27(69)21-87-53)57(88-23)98-59(86)65-16-15-60(3,4)17-26(65)25-9-10-31-61(5)13-12-33(62(6,22-68)30(61)11-14-63(31,7)64(25,8)18-32(65)70)92-58-50(42(79)41(78)48(94-58)52(84)85)95-54-44(81)38(75)36(73)28(19-66)90-54/h9,22-24,26-51,53-58,66-67,69-83H,10-21H2,1-8H3,(H,84,85)/t23-,24+,26+,27-,28-,29-,30-,31-,32-,33+,34+,35+,36+,37-,38+,39+,40+,41+,42+,43-,44-,45-,46-,47+,48+,49-,50-,51-,53+,54+,55+,56+,57+,58-,61+,62+,63-,64-,65-/m1/s1. The van der Waals surface area contributed by atoms with Crippen molar-refractivity contribution in [2.24, 2.45) is 50.2 Å². The minimum absolute atomic E-state index is 0.0423.